The lowest BCUT2D eigenvalue weighted by Gasteiger charge is -2.14. The number of nitrogens with zero attached hydrogens (tertiary/aromatic N) is 2. The molecule has 2 heterocycles. The fourth-order valence-corrected chi connectivity index (χ4v) is 3.74. The third kappa shape index (κ3) is 3.02. The summed E-state index contributed by atoms with van der Waals surface area (Å²) in [6.45, 7) is 2.14. The first-order valence-electron chi connectivity index (χ1n) is 6.01. The molecule has 0 spiro atoms. The molecule has 1 atom stereocenters. The topological polar surface area (TPSA) is 29.9 Å². The van der Waals surface area contributed by atoms with Gasteiger partial charge in [0.15, 0.2) is 0 Å². The van der Waals surface area contributed by atoms with Crippen molar-refractivity contribution in [2.45, 2.75) is 25.8 Å². The largest absolute Gasteiger partial charge is 0.312 e. The van der Waals surface area contributed by atoms with Gasteiger partial charge in [-0.25, -0.2) is 0 Å². The summed E-state index contributed by atoms with van der Waals surface area (Å²) in [6, 6.07) is 4.76. The van der Waals surface area contributed by atoms with Crippen molar-refractivity contribution in [3.63, 3.8) is 0 Å². The predicted molar refractivity (Wildman–Crippen MR) is 80.1 cm³/mol. The summed E-state index contributed by atoms with van der Waals surface area (Å²) in [4.78, 5) is 1.39. The SMILES string of the molecule is CNC(CCc1ccnn1C)c1cc(C)c(Br)s1. The van der Waals surface area contributed by atoms with Crippen LogP contribution in [0.4, 0.5) is 0 Å². The van der Waals surface area contributed by atoms with Gasteiger partial charge in [0, 0.05) is 29.9 Å². The molecule has 0 radical (unpaired) electrons. The summed E-state index contributed by atoms with van der Waals surface area (Å²) >= 11 is 5.41. The summed E-state index contributed by atoms with van der Waals surface area (Å²) < 4.78 is 3.18. The minimum atomic E-state index is 0.412. The van der Waals surface area contributed by atoms with Gasteiger partial charge >= 0.3 is 0 Å². The molecule has 18 heavy (non-hydrogen) atoms. The molecule has 3 nitrogen and oxygen atoms in total. The van der Waals surface area contributed by atoms with Crippen molar-refractivity contribution in [1.29, 1.82) is 0 Å². The van der Waals surface area contributed by atoms with Crippen LogP contribution in [-0.4, -0.2) is 16.8 Å². The Morgan fingerprint density at radius 3 is 2.83 bits per heavy atom. The Balaban J connectivity index is 2.04. The van der Waals surface area contributed by atoms with Crippen molar-refractivity contribution >= 4 is 27.3 Å². The third-order valence-corrected chi connectivity index (χ3v) is 5.43. The second kappa shape index (κ2) is 5.99. The molecule has 1 unspecified atom stereocenters. The molecular weight excluding hydrogens is 310 g/mol. The third-order valence-electron chi connectivity index (χ3n) is 3.18. The van der Waals surface area contributed by atoms with E-state index in [9.17, 15) is 0 Å². The van der Waals surface area contributed by atoms with Crippen LogP contribution in [0, 0.1) is 6.92 Å². The molecule has 0 saturated heterocycles. The van der Waals surface area contributed by atoms with Gasteiger partial charge in [-0.1, -0.05) is 0 Å². The molecule has 0 aliphatic rings. The highest BCUT2D eigenvalue weighted by atomic mass is 79.9. The number of aryl methyl sites for hydroxylation is 3. The van der Waals surface area contributed by atoms with Crippen molar-refractivity contribution in [1.82, 2.24) is 15.1 Å². The molecule has 0 aliphatic carbocycles. The summed E-state index contributed by atoms with van der Waals surface area (Å²) in [5.41, 5.74) is 2.60. The maximum absolute atomic E-state index is 4.20. The van der Waals surface area contributed by atoms with Crippen LogP contribution in [0.2, 0.25) is 0 Å². The average molecular weight is 328 g/mol. The molecule has 5 heteroatoms. The molecule has 0 aliphatic heterocycles. The number of thiophene rings is 1. The first-order chi connectivity index (χ1) is 8.61. The van der Waals surface area contributed by atoms with Gasteiger partial charge in [0.1, 0.15) is 0 Å². The number of aromatic nitrogens is 2. The van der Waals surface area contributed by atoms with Crippen molar-refractivity contribution in [2.75, 3.05) is 7.05 Å². The van der Waals surface area contributed by atoms with Crippen LogP contribution in [0.1, 0.15) is 28.6 Å². The predicted octanol–water partition coefficient (Wildman–Crippen LogP) is 3.45. The standard InChI is InChI=1S/C13H18BrN3S/c1-9-8-12(18-13(9)14)11(15-2)5-4-10-6-7-16-17(10)3/h6-8,11,15H,4-5H2,1-3H3. The lowest BCUT2D eigenvalue weighted by molar-refractivity contribution is 0.543. The van der Waals surface area contributed by atoms with Crippen LogP contribution in [0.3, 0.4) is 0 Å². The number of rotatable bonds is 5. The molecule has 2 rings (SSSR count). The molecule has 0 aromatic carbocycles. The van der Waals surface area contributed by atoms with Crippen LogP contribution in [0.15, 0.2) is 22.1 Å². The van der Waals surface area contributed by atoms with E-state index in [1.165, 1.54) is 19.9 Å². The van der Waals surface area contributed by atoms with Crippen LogP contribution in [0.25, 0.3) is 0 Å². The number of hydrogen-bond donors (Lipinski definition) is 1. The molecule has 98 valence electrons. The number of halogens is 1. The van der Waals surface area contributed by atoms with Gasteiger partial charge in [-0.3, -0.25) is 4.68 Å². The smallest absolute Gasteiger partial charge is 0.0731 e. The monoisotopic (exact) mass is 327 g/mol. The van der Waals surface area contributed by atoms with Crippen LogP contribution < -0.4 is 5.32 Å². The van der Waals surface area contributed by atoms with Gasteiger partial charge in [-0.2, -0.15) is 5.10 Å². The molecule has 1 N–H and O–H groups in total. The van der Waals surface area contributed by atoms with E-state index in [4.69, 9.17) is 0 Å². The molecule has 2 aromatic heterocycles. The Hall–Kier alpha value is -0.650. The van der Waals surface area contributed by atoms with E-state index in [1.807, 2.05) is 36.3 Å². The van der Waals surface area contributed by atoms with E-state index in [2.05, 4.69) is 45.4 Å². The fraction of sp³-hybridized carbons (Fsp3) is 0.462. The highest BCUT2D eigenvalue weighted by Gasteiger charge is 2.14. The van der Waals surface area contributed by atoms with Gasteiger partial charge in [0.2, 0.25) is 0 Å². The molecule has 0 fully saturated rings. The number of nitrogens with one attached hydrogen (secondary N) is 1. The Kier molecular flexibility index (Phi) is 4.59. The van der Waals surface area contributed by atoms with Crippen LogP contribution in [0.5, 0.6) is 0 Å². The zero-order valence-corrected chi connectivity index (χ0v) is 13.3. The van der Waals surface area contributed by atoms with E-state index in [-0.39, 0.29) is 0 Å². The maximum atomic E-state index is 4.20. The van der Waals surface area contributed by atoms with Gasteiger partial charge in [-0.05, 0) is 60.4 Å². The van der Waals surface area contributed by atoms with Gasteiger partial charge < -0.3 is 5.32 Å². The van der Waals surface area contributed by atoms with E-state index < -0.39 is 0 Å². The number of hydrogen-bond acceptors (Lipinski definition) is 3. The van der Waals surface area contributed by atoms with Crippen molar-refractivity contribution in [2.24, 2.45) is 7.05 Å². The maximum Gasteiger partial charge on any atom is 0.0731 e. The minimum absolute atomic E-state index is 0.412. The first kappa shape index (κ1) is 13.8. The highest BCUT2D eigenvalue weighted by Crippen LogP contribution is 2.32. The van der Waals surface area contributed by atoms with E-state index in [0.29, 0.717) is 6.04 Å². The molecular formula is C13H18BrN3S. The van der Waals surface area contributed by atoms with Crippen molar-refractivity contribution in [3.05, 3.63) is 38.3 Å². The fourth-order valence-electron chi connectivity index (χ4n) is 2.02. The summed E-state index contributed by atoms with van der Waals surface area (Å²) in [5, 5.41) is 7.60. The lowest BCUT2D eigenvalue weighted by atomic mass is 10.1. The molecule has 0 bridgehead atoms. The second-order valence-electron chi connectivity index (χ2n) is 4.43. The Morgan fingerprint density at radius 1 is 1.56 bits per heavy atom. The molecule has 2 aromatic rings. The summed E-state index contributed by atoms with van der Waals surface area (Å²) in [5.74, 6) is 0. The quantitative estimate of drug-likeness (QED) is 0.911. The van der Waals surface area contributed by atoms with Crippen molar-refractivity contribution < 1.29 is 0 Å². The molecule has 0 amide bonds. The summed E-state index contributed by atoms with van der Waals surface area (Å²) in [6.07, 6.45) is 3.98. The van der Waals surface area contributed by atoms with Crippen LogP contribution >= 0.6 is 27.3 Å². The van der Waals surface area contributed by atoms with Gasteiger partial charge in [0.25, 0.3) is 0 Å². The minimum Gasteiger partial charge on any atom is -0.312 e. The zero-order valence-electron chi connectivity index (χ0n) is 10.9. The normalized spacial score (nSPS) is 12.9. The van der Waals surface area contributed by atoms with E-state index in [0.717, 1.165) is 12.8 Å². The Labute approximate surface area is 120 Å². The first-order valence-corrected chi connectivity index (χ1v) is 7.62. The lowest BCUT2D eigenvalue weighted by Crippen LogP contribution is -2.16. The van der Waals surface area contributed by atoms with Crippen molar-refractivity contribution in [3.8, 4) is 0 Å². The second-order valence-corrected chi connectivity index (χ2v) is 6.83. The van der Waals surface area contributed by atoms with E-state index >= 15 is 0 Å². The highest BCUT2D eigenvalue weighted by molar-refractivity contribution is 9.11. The zero-order chi connectivity index (χ0) is 13.1. The Morgan fingerprint density at radius 2 is 2.33 bits per heavy atom. The van der Waals surface area contributed by atoms with Gasteiger partial charge in [-0.15, -0.1) is 11.3 Å². The summed E-state index contributed by atoms with van der Waals surface area (Å²) in [7, 11) is 4.02. The average Bonchev–Trinajstić information content (AvgIpc) is 2.88. The van der Waals surface area contributed by atoms with Gasteiger partial charge in [0.05, 0.1) is 3.79 Å². The van der Waals surface area contributed by atoms with E-state index in [1.54, 1.807) is 0 Å². The Bertz CT molecular complexity index is 499. The van der Waals surface area contributed by atoms with Crippen LogP contribution in [-0.2, 0) is 13.5 Å². The molecule has 0 saturated carbocycles.